The molecule has 2 aliphatic heterocycles. The number of carbonyl (C=O) groups is 3. The Hall–Kier alpha value is -1.64. The molecule has 0 bridgehead atoms. The van der Waals surface area contributed by atoms with Crippen molar-refractivity contribution in [3.63, 3.8) is 0 Å². The van der Waals surface area contributed by atoms with Gasteiger partial charge in [-0.05, 0) is 32.2 Å². The Balaban J connectivity index is 1.99. The molecule has 1 amide bonds. The molecule has 2 fully saturated rings. The van der Waals surface area contributed by atoms with E-state index in [0.717, 1.165) is 6.42 Å². The number of hydrogen-bond acceptors (Lipinski definition) is 5. The summed E-state index contributed by atoms with van der Waals surface area (Å²) in [6.45, 7) is 0.961. The lowest BCUT2D eigenvalue weighted by atomic mass is 10.1. The van der Waals surface area contributed by atoms with E-state index in [1.807, 2.05) is 0 Å². The zero-order valence-corrected chi connectivity index (χ0v) is 11.1. The van der Waals surface area contributed by atoms with Crippen molar-refractivity contribution in [1.82, 2.24) is 10.2 Å². The highest BCUT2D eigenvalue weighted by atomic mass is 19.4. The van der Waals surface area contributed by atoms with Gasteiger partial charge in [-0.25, -0.2) is 9.59 Å². The summed E-state index contributed by atoms with van der Waals surface area (Å²) in [6.07, 6.45) is -3.10. The quantitative estimate of drug-likeness (QED) is 0.589. The molecule has 9 heteroatoms. The third-order valence-electron chi connectivity index (χ3n) is 3.59. The van der Waals surface area contributed by atoms with Gasteiger partial charge < -0.3 is 15.0 Å². The predicted molar refractivity (Wildman–Crippen MR) is 62.9 cm³/mol. The van der Waals surface area contributed by atoms with Crippen LogP contribution in [0.25, 0.3) is 0 Å². The van der Waals surface area contributed by atoms with E-state index < -0.39 is 30.2 Å². The molecular weight excluding hydrogens is 293 g/mol. The second-order valence-electron chi connectivity index (χ2n) is 5.04. The minimum absolute atomic E-state index is 0.197. The second-order valence-corrected chi connectivity index (χ2v) is 5.04. The van der Waals surface area contributed by atoms with Gasteiger partial charge in [0.25, 0.3) is 0 Å². The minimum Gasteiger partial charge on any atom is -0.385 e. The Morgan fingerprint density at radius 2 is 1.86 bits per heavy atom. The van der Waals surface area contributed by atoms with Crippen LogP contribution in [0.15, 0.2) is 0 Å². The van der Waals surface area contributed by atoms with Gasteiger partial charge in [0.05, 0.1) is 6.04 Å². The summed E-state index contributed by atoms with van der Waals surface area (Å²) in [7, 11) is 0. The SMILES string of the molecule is O=C(OC(=O)C(F)(F)F)[C@@H]1CCCN1C(=O)[C@@H]1CCCN1. The monoisotopic (exact) mass is 308 g/mol. The number of hydrogen-bond donors (Lipinski definition) is 1. The molecule has 0 unspecified atom stereocenters. The zero-order chi connectivity index (χ0) is 15.6. The topological polar surface area (TPSA) is 75.7 Å². The third-order valence-corrected chi connectivity index (χ3v) is 3.59. The molecule has 0 aromatic heterocycles. The Morgan fingerprint density at radius 1 is 1.14 bits per heavy atom. The maximum Gasteiger partial charge on any atom is 0.491 e. The number of likely N-dealkylation sites (tertiary alicyclic amines) is 1. The van der Waals surface area contributed by atoms with Gasteiger partial charge in [-0.3, -0.25) is 4.79 Å². The molecule has 2 heterocycles. The van der Waals surface area contributed by atoms with E-state index in [1.54, 1.807) is 0 Å². The number of nitrogens with one attached hydrogen (secondary N) is 1. The molecule has 2 aliphatic rings. The Morgan fingerprint density at radius 3 is 2.43 bits per heavy atom. The fraction of sp³-hybridized carbons (Fsp3) is 0.750. The first kappa shape index (κ1) is 15.7. The van der Waals surface area contributed by atoms with E-state index in [0.29, 0.717) is 19.4 Å². The molecule has 2 saturated heterocycles. The van der Waals surface area contributed by atoms with Crippen LogP contribution in [-0.2, 0) is 19.1 Å². The van der Waals surface area contributed by atoms with Crippen LogP contribution >= 0.6 is 0 Å². The maximum atomic E-state index is 12.2. The summed E-state index contributed by atoms with van der Waals surface area (Å²) in [5, 5.41) is 2.97. The smallest absolute Gasteiger partial charge is 0.385 e. The molecule has 0 saturated carbocycles. The standard InChI is InChI=1S/C12H15F3N2O4/c13-12(14,15)11(20)21-10(19)8-4-2-6-17(8)9(18)7-3-1-5-16-7/h7-8,16H,1-6H2/t7-,8-/m0/s1. The van der Waals surface area contributed by atoms with Crippen molar-refractivity contribution in [2.75, 3.05) is 13.1 Å². The molecule has 1 N–H and O–H groups in total. The van der Waals surface area contributed by atoms with Crippen LogP contribution in [0.3, 0.4) is 0 Å². The van der Waals surface area contributed by atoms with Gasteiger partial charge in [0.2, 0.25) is 5.91 Å². The summed E-state index contributed by atoms with van der Waals surface area (Å²) < 4.78 is 40.1. The van der Waals surface area contributed by atoms with Gasteiger partial charge in [0, 0.05) is 6.54 Å². The number of alkyl halides is 3. The molecule has 118 valence electrons. The molecule has 0 spiro atoms. The van der Waals surface area contributed by atoms with Gasteiger partial charge in [0.15, 0.2) is 0 Å². The molecular formula is C12H15F3N2O4. The van der Waals surface area contributed by atoms with E-state index in [4.69, 9.17) is 0 Å². The molecule has 2 atom stereocenters. The number of carbonyl (C=O) groups excluding carboxylic acids is 3. The van der Waals surface area contributed by atoms with E-state index in [9.17, 15) is 27.6 Å². The van der Waals surface area contributed by atoms with Crippen LogP contribution in [0.5, 0.6) is 0 Å². The van der Waals surface area contributed by atoms with Crippen molar-refractivity contribution >= 4 is 17.8 Å². The number of amides is 1. The molecule has 0 aromatic rings. The molecule has 21 heavy (non-hydrogen) atoms. The largest absolute Gasteiger partial charge is 0.491 e. The Bertz CT molecular complexity index is 446. The van der Waals surface area contributed by atoms with E-state index in [2.05, 4.69) is 10.1 Å². The van der Waals surface area contributed by atoms with Gasteiger partial charge >= 0.3 is 18.1 Å². The minimum atomic E-state index is -5.23. The predicted octanol–water partition coefficient (Wildman–Crippen LogP) is 0.361. The van der Waals surface area contributed by atoms with Crippen LogP contribution in [0, 0.1) is 0 Å². The first-order chi connectivity index (χ1) is 9.80. The van der Waals surface area contributed by atoms with Gasteiger partial charge in [-0.1, -0.05) is 0 Å². The Labute approximate surface area is 118 Å². The van der Waals surface area contributed by atoms with Crippen molar-refractivity contribution in [2.24, 2.45) is 0 Å². The number of esters is 2. The summed E-state index contributed by atoms with van der Waals surface area (Å²) >= 11 is 0. The molecule has 0 aromatic carbocycles. The maximum absolute atomic E-state index is 12.2. The van der Waals surface area contributed by atoms with E-state index in [1.165, 1.54) is 4.90 Å². The molecule has 0 radical (unpaired) electrons. The summed E-state index contributed by atoms with van der Waals surface area (Å²) in [4.78, 5) is 35.8. The lowest BCUT2D eigenvalue weighted by Gasteiger charge is -2.25. The van der Waals surface area contributed by atoms with Crippen molar-refractivity contribution in [1.29, 1.82) is 0 Å². The lowest BCUT2D eigenvalue weighted by Crippen LogP contribution is -2.49. The fourth-order valence-electron chi connectivity index (χ4n) is 2.59. The van der Waals surface area contributed by atoms with Crippen molar-refractivity contribution in [3.8, 4) is 0 Å². The fourth-order valence-corrected chi connectivity index (χ4v) is 2.59. The van der Waals surface area contributed by atoms with Gasteiger partial charge in [-0.15, -0.1) is 0 Å². The molecule has 0 aliphatic carbocycles. The van der Waals surface area contributed by atoms with Crippen LogP contribution < -0.4 is 5.32 Å². The van der Waals surface area contributed by atoms with Crippen LogP contribution in [0.1, 0.15) is 25.7 Å². The van der Waals surface area contributed by atoms with Crippen molar-refractivity contribution in [3.05, 3.63) is 0 Å². The van der Waals surface area contributed by atoms with E-state index >= 15 is 0 Å². The number of ether oxygens (including phenoxy) is 1. The normalized spacial score (nSPS) is 26.0. The number of halogens is 3. The number of rotatable bonds is 2. The van der Waals surface area contributed by atoms with Crippen LogP contribution in [0.4, 0.5) is 13.2 Å². The third kappa shape index (κ3) is 3.52. The average Bonchev–Trinajstić information content (AvgIpc) is 3.08. The zero-order valence-electron chi connectivity index (χ0n) is 11.1. The lowest BCUT2D eigenvalue weighted by molar-refractivity contribution is -0.203. The first-order valence-corrected chi connectivity index (χ1v) is 6.67. The summed E-state index contributed by atoms with van der Waals surface area (Å²) in [6, 6.07) is -1.54. The average molecular weight is 308 g/mol. The second kappa shape index (κ2) is 6.00. The van der Waals surface area contributed by atoms with Crippen LogP contribution in [-0.4, -0.2) is 54.1 Å². The highest BCUT2D eigenvalue weighted by Gasteiger charge is 2.45. The highest BCUT2D eigenvalue weighted by molar-refractivity contribution is 5.94. The van der Waals surface area contributed by atoms with Gasteiger partial charge in [0.1, 0.15) is 6.04 Å². The van der Waals surface area contributed by atoms with Crippen molar-refractivity contribution in [2.45, 2.75) is 43.9 Å². The van der Waals surface area contributed by atoms with Crippen molar-refractivity contribution < 1.29 is 32.3 Å². The summed E-state index contributed by atoms with van der Waals surface area (Å²) in [5.41, 5.74) is 0. The van der Waals surface area contributed by atoms with Gasteiger partial charge in [-0.2, -0.15) is 13.2 Å². The highest BCUT2D eigenvalue weighted by Crippen LogP contribution is 2.23. The summed E-state index contributed by atoms with van der Waals surface area (Å²) in [5.74, 6) is -4.20. The molecule has 2 rings (SSSR count). The van der Waals surface area contributed by atoms with E-state index in [-0.39, 0.29) is 18.9 Å². The Kier molecular flexibility index (Phi) is 4.50. The number of nitrogens with zero attached hydrogens (tertiary/aromatic N) is 1. The molecule has 6 nitrogen and oxygen atoms in total. The van der Waals surface area contributed by atoms with Crippen LogP contribution in [0.2, 0.25) is 0 Å². The first-order valence-electron chi connectivity index (χ1n) is 6.67.